The van der Waals surface area contributed by atoms with Crippen molar-refractivity contribution < 1.29 is 18.8 Å². The highest BCUT2D eigenvalue weighted by molar-refractivity contribution is 5.98. The Hall–Kier alpha value is -3.52. The van der Waals surface area contributed by atoms with E-state index in [4.69, 9.17) is 9.26 Å². The average Bonchev–Trinajstić information content (AvgIpc) is 3.33. The first-order chi connectivity index (χ1) is 15.5. The topological polar surface area (TPSA) is 88.8 Å². The zero-order chi connectivity index (χ0) is 22.7. The second-order valence-corrected chi connectivity index (χ2v) is 7.90. The molecule has 1 aliphatic heterocycles. The number of aromatic nitrogens is 2. The Morgan fingerprint density at radius 2 is 1.72 bits per heavy atom. The van der Waals surface area contributed by atoms with Gasteiger partial charge >= 0.3 is 5.97 Å². The number of piperazine rings is 1. The van der Waals surface area contributed by atoms with Crippen molar-refractivity contribution in [3.05, 3.63) is 71.1 Å². The Bertz CT molecular complexity index is 1100. The summed E-state index contributed by atoms with van der Waals surface area (Å²) in [4.78, 5) is 33.3. The summed E-state index contributed by atoms with van der Waals surface area (Å²) < 4.78 is 10.3. The number of carbonyl (C=O) groups is 2. The lowest BCUT2D eigenvalue weighted by molar-refractivity contribution is 0.0551. The fourth-order valence-electron chi connectivity index (χ4n) is 3.77. The molecule has 4 rings (SSSR count). The van der Waals surface area contributed by atoms with Gasteiger partial charge in [-0.15, -0.1) is 0 Å². The van der Waals surface area contributed by atoms with Crippen LogP contribution in [-0.4, -0.2) is 65.1 Å². The summed E-state index contributed by atoms with van der Waals surface area (Å²) in [6, 6.07) is 14.6. The number of hydrogen-bond acceptors (Lipinski definition) is 7. The van der Waals surface area contributed by atoms with Gasteiger partial charge in [0.1, 0.15) is 0 Å². The SMILES string of the molecule is COC(=O)c1cccc(C(=O)N2CCN(C(C)c3nc(-c4ccc(C)cc4)no3)CC2)c1. The van der Waals surface area contributed by atoms with Crippen LogP contribution in [0.1, 0.15) is 45.1 Å². The monoisotopic (exact) mass is 434 g/mol. The van der Waals surface area contributed by atoms with Crippen molar-refractivity contribution in [2.45, 2.75) is 19.9 Å². The Balaban J connectivity index is 1.38. The summed E-state index contributed by atoms with van der Waals surface area (Å²) >= 11 is 0. The fraction of sp³-hybridized carbons (Fsp3) is 0.333. The van der Waals surface area contributed by atoms with E-state index < -0.39 is 5.97 Å². The number of esters is 1. The normalized spacial score (nSPS) is 15.4. The highest BCUT2D eigenvalue weighted by Gasteiger charge is 2.28. The van der Waals surface area contributed by atoms with Crippen LogP contribution >= 0.6 is 0 Å². The van der Waals surface area contributed by atoms with Crippen molar-refractivity contribution in [2.75, 3.05) is 33.3 Å². The zero-order valence-corrected chi connectivity index (χ0v) is 18.4. The van der Waals surface area contributed by atoms with Crippen molar-refractivity contribution in [2.24, 2.45) is 0 Å². The number of carbonyl (C=O) groups excluding carboxylic acids is 2. The molecule has 166 valence electrons. The van der Waals surface area contributed by atoms with E-state index in [0.29, 0.717) is 49.0 Å². The molecule has 2 heterocycles. The summed E-state index contributed by atoms with van der Waals surface area (Å²) in [5.41, 5.74) is 2.94. The van der Waals surface area contributed by atoms with Crippen LogP contribution in [0.2, 0.25) is 0 Å². The smallest absolute Gasteiger partial charge is 0.337 e. The maximum Gasteiger partial charge on any atom is 0.337 e. The van der Waals surface area contributed by atoms with Gasteiger partial charge in [-0.3, -0.25) is 9.69 Å². The van der Waals surface area contributed by atoms with Gasteiger partial charge in [-0.25, -0.2) is 4.79 Å². The van der Waals surface area contributed by atoms with Crippen molar-refractivity contribution in [3.63, 3.8) is 0 Å². The molecule has 3 aromatic rings. The van der Waals surface area contributed by atoms with Gasteiger partial charge in [-0.2, -0.15) is 4.98 Å². The van der Waals surface area contributed by atoms with Crippen molar-refractivity contribution in [3.8, 4) is 11.4 Å². The lowest BCUT2D eigenvalue weighted by Crippen LogP contribution is -2.49. The number of hydrogen-bond donors (Lipinski definition) is 0. The standard InChI is InChI=1S/C24H26N4O4/c1-16-7-9-18(10-8-16)21-25-22(32-26-21)17(2)27-11-13-28(14-12-27)23(29)19-5-4-6-20(15-19)24(30)31-3/h4-10,15,17H,11-14H2,1-3H3. The van der Waals surface area contributed by atoms with E-state index in [-0.39, 0.29) is 11.9 Å². The molecule has 0 spiro atoms. The highest BCUT2D eigenvalue weighted by Crippen LogP contribution is 2.24. The second-order valence-electron chi connectivity index (χ2n) is 7.90. The predicted octanol–water partition coefficient (Wildman–Crippen LogP) is 3.35. The third-order valence-electron chi connectivity index (χ3n) is 5.79. The average molecular weight is 434 g/mol. The third-order valence-corrected chi connectivity index (χ3v) is 5.79. The van der Waals surface area contributed by atoms with Gasteiger partial charge in [-0.05, 0) is 32.0 Å². The van der Waals surface area contributed by atoms with Crippen LogP contribution in [0.25, 0.3) is 11.4 Å². The molecule has 0 N–H and O–H groups in total. The van der Waals surface area contributed by atoms with Gasteiger partial charge < -0.3 is 14.2 Å². The molecular weight excluding hydrogens is 408 g/mol. The molecule has 8 heteroatoms. The number of methoxy groups -OCH3 is 1. The molecule has 0 bridgehead atoms. The number of amides is 1. The minimum Gasteiger partial charge on any atom is -0.465 e. The van der Waals surface area contributed by atoms with Crippen LogP contribution in [0.5, 0.6) is 0 Å². The molecule has 0 saturated carbocycles. The van der Waals surface area contributed by atoms with Crippen LogP contribution in [0.3, 0.4) is 0 Å². The first-order valence-electron chi connectivity index (χ1n) is 10.6. The van der Waals surface area contributed by atoms with Crippen molar-refractivity contribution in [1.82, 2.24) is 19.9 Å². The second kappa shape index (κ2) is 9.32. The van der Waals surface area contributed by atoms with E-state index in [1.165, 1.54) is 12.7 Å². The Kier molecular flexibility index (Phi) is 6.32. The van der Waals surface area contributed by atoms with Gasteiger partial charge in [0.2, 0.25) is 11.7 Å². The molecule has 1 fully saturated rings. The van der Waals surface area contributed by atoms with E-state index >= 15 is 0 Å². The van der Waals surface area contributed by atoms with Crippen LogP contribution in [0.15, 0.2) is 53.1 Å². The number of benzene rings is 2. The number of aryl methyl sites for hydroxylation is 1. The summed E-state index contributed by atoms with van der Waals surface area (Å²) in [5, 5.41) is 4.13. The molecule has 1 amide bonds. The molecule has 1 unspecified atom stereocenters. The Morgan fingerprint density at radius 3 is 2.41 bits per heavy atom. The van der Waals surface area contributed by atoms with Gasteiger partial charge in [-0.1, -0.05) is 41.1 Å². The van der Waals surface area contributed by atoms with Crippen LogP contribution in [0, 0.1) is 6.92 Å². The van der Waals surface area contributed by atoms with Gasteiger partial charge in [0.25, 0.3) is 5.91 Å². The molecule has 2 aromatic carbocycles. The van der Waals surface area contributed by atoms with E-state index in [1.807, 2.05) is 38.1 Å². The highest BCUT2D eigenvalue weighted by atomic mass is 16.5. The number of rotatable bonds is 5. The molecule has 8 nitrogen and oxygen atoms in total. The van der Waals surface area contributed by atoms with Gasteiger partial charge in [0.05, 0.1) is 18.7 Å². The maximum atomic E-state index is 12.9. The van der Waals surface area contributed by atoms with Gasteiger partial charge in [0, 0.05) is 37.3 Å². The van der Waals surface area contributed by atoms with Crippen molar-refractivity contribution >= 4 is 11.9 Å². The maximum absolute atomic E-state index is 12.9. The summed E-state index contributed by atoms with van der Waals surface area (Å²) in [7, 11) is 1.32. The molecule has 1 saturated heterocycles. The Morgan fingerprint density at radius 1 is 1.03 bits per heavy atom. The minimum atomic E-state index is -0.456. The molecule has 32 heavy (non-hydrogen) atoms. The summed E-state index contributed by atoms with van der Waals surface area (Å²) in [6.07, 6.45) is 0. The zero-order valence-electron chi connectivity index (χ0n) is 18.4. The quantitative estimate of drug-likeness (QED) is 0.569. The van der Waals surface area contributed by atoms with E-state index in [0.717, 1.165) is 5.56 Å². The number of nitrogens with zero attached hydrogens (tertiary/aromatic N) is 4. The van der Waals surface area contributed by atoms with E-state index in [1.54, 1.807) is 29.2 Å². The Labute approximate surface area is 186 Å². The molecular formula is C24H26N4O4. The van der Waals surface area contributed by atoms with Gasteiger partial charge in [0.15, 0.2) is 0 Å². The number of ether oxygens (including phenoxy) is 1. The lowest BCUT2D eigenvalue weighted by Gasteiger charge is -2.36. The molecule has 0 aliphatic carbocycles. The first-order valence-corrected chi connectivity index (χ1v) is 10.6. The largest absolute Gasteiger partial charge is 0.465 e. The molecule has 1 aromatic heterocycles. The predicted molar refractivity (Wildman–Crippen MR) is 118 cm³/mol. The fourth-order valence-corrected chi connectivity index (χ4v) is 3.77. The molecule has 1 atom stereocenters. The molecule has 0 radical (unpaired) electrons. The third kappa shape index (κ3) is 4.55. The van der Waals surface area contributed by atoms with Crippen molar-refractivity contribution in [1.29, 1.82) is 0 Å². The van der Waals surface area contributed by atoms with Crippen LogP contribution in [-0.2, 0) is 4.74 Å². The first kappa shape index (κ1) is 21.7. The van der Waals surface area contributed by atoms with Crippen LogP contribution < -0.4 is 0 Å². The summed E-state index contributed by atoms with van der Waals surface area (Å²) in [6.45, 7) is 6.59. The molecule has 1 aliphatic rings. The van der Waals surface area contributed by atoms with E-state index in [2.05, 4.69) is 15.0 Å². The minimum absolute atomic E-state index is 0.0541. The van der Waals surface area contributed by atoms with E-state index in [9.17, 15) is 9.59 Å². The van der Waals surface area contributed by atoms with Crippen LogP contribution in [0.4, 0.5) is 0 Å². The lowest BCUT2D eigenvalue weighted by atomic mass is 10.1. The summed E-state index contributed by atoms with van der Waals surface area (Å²) in [5.74, 6) is 0.586.